The summed E-state index contributed by atoms with van der Waals surface area (Å²) in [5.41, 5.74) is 11.4. The minimum Gasteiger partial charge on any atom is -0.445 e. The van der Waals surface area contributed by atoms with Crippen molar-refractivity contribution in [2.45, 2.75) is 173 Å². The van der Waals surface area contributed by atoms with Gasteiger partial charge >= 0.3 is 12.2 Å². The fraction of sp³-hybridized carbons (Fsp3) is 0.519. The zero-order valence-corrected chi connectivity index (χ0v) is 53.8. The van der Waals surface area contributed by atoms with Gasteiger partial charge in [-0.15, -0.1) is 78.9 Å². The van der Waals surface area contributed by atoms with Gasteiger partial charge in [-0.25, -0.2) is 9.59 Å². The molecule has 12 heteroatoms. The molecule has 2 aromatic rings. The van der Waals surface area contributed by atoms with Crippen LogP contribution < -0.4 is 11.5 Å². The number of nitrogens with two attached hydrogens (primary N) is 2. The number of ether oxygens (including phenoxy) is 2. The molecule has 0 spiro atoms. The Morgan fingerprint density at radius 2 is 0.652 bits per heavy atom. The number of hydrogen-bond donors (Lipinski definition) is 2. The van der Waals surface area contributed by atoms with E-state index in [1.807, 2.05) is 88.4 Å². The molecule has 0 bridgehead atoms. The summed E-state index contributed by atoms with van der Waals surface area (Å²) in [6, 6.07) is 18.7. The van der Waals surface area contributed by atoms with Crippen molar-refractivity contribution in [3.63, 3.8) is 0 Å². The Bertz CT molecular complexity index is 894. The van der Waals surface area contributed by atoms with Gasteiger partial charge in [0.05, 0.1) is 2.86 Å². The first-order valence-electron chi connectivity index (χ1n) is 19.6. The Morgan fingerprint density at radius 1 is 0.515 bits per heavy atom. The summed E-state index contributed by atoms with van der Waals surface area (Å²) >= 11 is 14.3. The largest absolute Gasteiger partial charge is 0.445 e. The maximum atomic E-state index is 10.2. The van der Waals surface area contributed by atoms with E-state index in [-0.39, 0.29) is 50.3 Å². The molecular weight excluding hydrogens is 1500 g/mol. The number of carbonyl (C=O) groups is 2. The topological polar surface area (TPSA) is 105 Å². The molecule has 4 N–H and O–H groups in total. The van der Waals surface area contributed by atoms with Crippen LogP contribution in [0.25, 0.3) is 0 Å². The van der Waals surface area contributed by atoms with Gasteiger partial charge in [-0.2, -0.15) is 0 Å². The summed E-state index contributed by atoms with van der Waals surface area (Å²) in [7, 11) is 0. The van der Waals surface area contributed by atoms with Crippen LogP contribution in [-0.2, 0) is 22.7 Å². The average molecular weight is 1610 g/mol. The Balaban J connectivity index is -0.0000000246. The summed E-state index contributed by atoms with van der Waals surface area (Å²) in [6.07, 6.45) is 3.79. The maximum absolute atomic E-state index is 10.2. The summed E-state index contributed by atoms with van der Waals surface area (Å²) in [6.45, 7) is 64.1. The number of benzene rings is 2. The monoisotopic (exact) mass is 1610 g/mol. The average Bonchev–Trinajstić information content (AvgIpc) is 3.28. The van der Waals surface area contributed by atoms with Gasteiger partial charge in [0.25, 0.3) is 0 Å². The third-order valence-electron chi connectivity index (χ3n) is 3.68. The molecule has 0 unspecified atom stereocenters. The van der Waals surface area contributed by atoms with Gasteiger partial charge in [-0.3, -0.25) is 0 Å². The Hall–Kier alpha value is -0.200. The SMILES string of the molecule is C.C.C.C.C.C=C.C=C.C=C.C=C.C=C.C=C.CC.CC.CC(C)(I)I.CC(C)I.CC(I)(I)CI.CCCC.CCCC.NC(=O)OCc1ccccc1.NC(=O)OCc1ccccc1. The molecule has 0 aliphatic carbocycles. The lowest BCUT2D eigenvalue weighted by atomic mass is 10.2. The zero-order valence-electron chi connectivity index (χ0n) is 40.8. The third-order valence-corrected chi connectivity index (χ3v) is 8.89. The van der Waals surface area contributed by atoms with Crippen LogP contribution in [0.5, 0.6) is 0 Å². The smallest absolute Gasteiger partial charge is 0.404 e. The Labute approximate surface area is 500 Å². The molecule has 0 aromatic heterocycles. The number of primary amides is 2. The first-order chi connectivity index (χ1) is 28.7. The molecule has 0 aliphatic heterocycles. The van der Waals surface area contributed by atoms with Crippen LogP contribution in [-0.4, -0.2) is 23.4 Å². The fourth-order valence-electron chi connectivity index (χ4n) is 1.46. The van der Waals surface area contributed by atoms with E-state index in [1.54, 1.807) is 0 Å². The minimum absolute atomic E-state index is 0. The highest BCUT2D eigenvalue weighted by atomic mass is 127. The summed E-state index contributed by atoms with van der Waals surface area (Å²) in [4.78, 5) is 20.3. The van der Waals surface area contributed by atoms with Crippen LogP contribution in [0.2, 0.25) is 0 Å². The normalized spacial score (nSPS) is 7.03. The van der Waals surface area contributed by atoms with E-state index in [4.69, 9.17) is 11.5 Å². The molecule has 0 atom stereocenters. The van der Waals surface area contributed by atoms with Crippen molar-refractivity contribution < 1.29 is 19.1 Å². The predicted octanol–water partition coefficient (Wildman–Crippen LogP) is 23.7. The van der Waals surface area contributed by atoms with Crippen molar-refractivity contribution in [2.24, 2.45) is 11.5 Å². The lowest BCUT2D eigenvalue weighted by Crippen LogP contribution is -2.12. The Kier molecular flexibility index (Phi) is 230. The van der Waals surface area contributed by atoms with E-state index >= 15 is 0 Å². The van der Waals surface area contributed by atoms with Crippen molar-refractivity contribution in [2.75, 3.05) is 4.43 Å². The van der Waals surface area contributed by atoms with E-state index < -0.39 is 12.2 Å². The van der Waals surface area contributed by atoms with Crippen LogP contribution in [0.3, 0.4) is 0 Å². The number of carbonyl (C=O) groups excluding carboxylic acids is 2. The lowest BCUT2D eigenvalue weighted by molar-refractivity contribution is 0.149. The maximum Gasteiger partial charge on any atom is 0.404 e. The van der Waals surface area contributed by atoms with E-state index in [0.29, 0.717) is 2.86 Å². The van der Waals surface area contributed by atoms with Crippen molar-refractivity contribution in [1.82, 2.24) is 0 Å². The van der Waals surface area contributed by atoms with Crippen molar-refractivity contribution in [3.05, 3.63) is 151 Å². The van der Waals surface area contributed by atoms with Gasteiger partial charge in [0, 0.05) is 8.35 Å². The summed E-state index contributed by atoms with van der Waals surface area (Å²) < 4.78 is 12.1. The molecule has 0 radical (unpaired) electrons. The molecule has 0 heterocycles. The number of unbranched alkanes of at least 4 members (excludes halogenated alkanes) is 2. The van der Waals surface area contributed by atoms with Gasteiger partial charge < -0.3 is 20.9 Å². The van der Waals surface area contributed by atoms with Gasteiger partial charge in [0.15, 0.2) is 0 Å². The van der Waals surface area contributed by atoms with Crippen molar-refractivity contribution >= 4 is 148 Å². The zero-order chi connectivity index (χ0) is 52.3. The first kappa shape index (κ1) is 121. The van der Waals surface area contributed by atoms with E-state index in [9.17, 15) is 9.59 Å². The van der Waals surface area contributed by atoms with Crippen LogP contribution in [0.15, 0.2) is 140 Å². The Morgan fingerprint density at radius 3 is 0.742 bits per heavy atom. The highest BCUT2D eigenvalue weighted by molar-refractivity contribution is 14.2. The molecule has 0 fully saturated rings. The minimum atomic E-state index is -0.742. The molecule has 2 amide bonds. The van der Waals surface area contributed by atoms with Crippen molar-refractivity contribution in [3.8, 4) is 0 Å². The fourth-order valence-corrected chi connectivity index (χ4v) is 1.46. The number of halogens is 6. The van der Waals surface area contributed by atoms with Crippen LogP contribution in [0.4, 0.5) is 9.59 Å². The standard InChI is InChI=1S/2C8H9NO2.2C4H10.C3H5I3.C3H6I2.C3H7I.2C2H6.6C2H4.5CH4/c2*9-8(10)11-6-7-4-2-1-3-5-7;2*1-3-4-2;1-3(5,6)2-4;1-3(2,4)5;1-3(2)4;8*1-2;;;;;/h2*1-5H,6H2,(H2,9,10);2*3-4H2,1-2H3;2H2,1H3;1-2H3;3H,1-2H3;2*1-2H3;6*1-2H2;5*1H4. The third kappa shape index (κ3) is 265. The summed E-state index contributed by atoms with van der Waals surface area (Å²) in [5.74, 6) is 0. The quantitative estimate of drug-likeness (QED) is 0.164. The molecular formula is C54H112I6N2O4. The molecule has 0 aliphatic rings. The summed E-state index contributed by atoms with van der Waals surface area (Å²) in [5, 5.41) is 0. The van der Waals surface area contributed by atoms with E-state index in [1.165, 1.54) is 30.1 Å². The molecule has 66 heavy (non-hydrogen) atoms. The number of rotatable bonds is 7. The second-order valence-corrected chi connectivity index (χ2v) is 27.3. The van der Waals surface area contributed by atoms with Crippen LogP contribution in [0, 0.1) is 0 Å². The molecule has 0 saturated carbocycles. The first-order valence-corrected chi connectivity index (χ1v) is 26.7. The predicted molar refractivity (Wildman–Crippen MR) is 373 cm³/mol. The highest BCUT2D eigenvalue weighted by Gasteiger charge is 2.10. The molecule has 2 rings (SSSR count). The molecule has 404 valence electrons. The second-order valence-electron chi connectivity index (χ2n) is 9.73. The van der Waals surface area contributed by atoms with Gasteiger partial charge in [0.1, 0.15) is 13.2 Å². The van der Waals surface area contributed by atoms with Crippen molar-refractivity contribution in [1.29, 1.82) is 0 Å². The van der Waals surface area contributed by atoms with E-state index in [2.05, 4.69) is 286 Å². The van der Waals surface area contributed by atoms with Gasteiger partial charge in [0.2, 0.25) is 0 Å². The molecule has 6 nitrogen and oxygen atoms in total. The number of alkyl halides is 6. The molecule has 0 saturated heterocycles. The second kappa shape index (κ2) is 126. The van der Waals surface area contributed by atoms with Gasteiger partial charge in [-0.1, -0.05) is 328 Å². The van der Waals surface area contributed by atoms with Gasteiger partial charge in [-0.05, 0) is 31.9 Å². The van der Waals surface area contributed by atoms with Crippen LogP contribution in [0.1, 0.15) is 164 Å². The van der Waals surface area contributed by atoms with E-state index in [0.717, 1.165) is 15.1 Å². The highest BCUT2D eigenvalue weighted by Crippen LogP contribution is 2.28. The number of amides is 2. The van der Waals surface area contributed by atoms with Crippen LogP contribution >= 0.6 is 136 Å². The lowest BCUT2D eigenvalue weighted by Gasteiger charge is -2.06. The molecule has 2 aromatic carbocycles. The number of hydrogen-bond acceptors (Lipinski definition) is 4.